The van der Waals surface area contributed by atoms with Crippen LogP contribution in [-0.2, 0) is 19.1 Å². The normalized spacial score (nSPS) is 16.7. The number of aromatic nitrogens is 1. The maximum atomic E-state index is 13.4. The van der Waals surface area contributed by atoms with Crippen LogP contribution in [-0.4, -0.2) is 46.4 Å². The fraction of sp³-hybridized carbons (Fsp3) is 0.267. The van der Waals surface area contributed by atoms with E-state index in [9.17, 15) is 18.0 Å². The fourth-order valence-electron chi connectivity index (χ4n) is 4.96. The highest BCUT2D eigenvalue weighted by Crippen LogP contribution is 2.30. The Hall–Kier alpha value is -3.71. The maximum absolute atomic E-state index is 13.4. The number of hydrogen-bond donors (Lipinski definition) is 0. The Balaban J connectivity index is 1.35. The van der Waals surface area contributed by atoms with Crippen LogP contribution in [0.5, 0.6) is 0 Å². The maximum Gasteiger partial charge on any atom is 0.416 e. The third kappa shape index (κ3) is 6.00. The standard InChI is InChI=1S/C30H28F3N3O/c31-30(32,33)25-11-6-9-23(19-25)20-35-17-18-36(21-26(35)15-13-22-7-2-1-3-8-22)29(37)28-16-14-24-10-4-5-12-27(24)34-28/h1-12,14,16,19,26H,13,15,17-18,20-21H2/t26-/m0/s1. The predicted molar refractivity (Wildman–Crippen MR) is 138 cm³/mol. The van der Waals surface area contributed by atoms with Crippen LogP contribution in [0.4, 0.5) is 13.2 Å². The van der Waals surface area contributed by atoms with Gasteiger partial charge in [-0.3, -0.25) is 9.69 Å². The zero-order chi connectivity index (χ0) is 25.8. The highest BCUT2D eigenvalue weighted by molar-refractivity contribution is 5.95. The van der Waals surface area contributed by atoms with E-state index in [0.29, 0.717) is 37.4 Å². The van der Waals surface area contributed by atoms with Gasteiger partial charge in [-0.1, -0.05) is 72.8 Å². The predicted octanol–water partition coefficient (Wildman–Crippen LogP) is 6.21. The highest BCUT2D eigenvalue weighted by atomic mass is 19.4. The lowest BCUT2D eigenvalue weighted by Crippen LogP contribution is -2.54. The molecule has 1 aromatic heterocycles. The zero-order valence-electron chi connectivity index (χ0n) is 20.4. The molecule has 1 atom stereocenters. The molecule has 0 saturated carbocycles. The summed E-state index contributed by atoms with van der Waals surface area (Å²) in [7, 11) is 0. The van der Waals surface area contributed by atoms with E-state index in [1.54, 1.807) is 12.1 Å². The molecule has 7 heteroatoms. The quantitative estimate of drug-likeness (QED) is 0.314. The van der Waals surface area contributed by atoms with E-state index in [4.69, 9.17) is 0 Å². The Morgan fingerprint density at radius 1 is 0.865 bits per heavy atom. The summed E-state index contributed by atoms with van der Waals surface area (Å²) >= 11 is 0. The second-order valence-corrected chi connectivity index (χ2v) is 9.49. The van der Waals surface area contributed by atoms with Gasteiger partial charge in [-0.25, -0.2) is 4.98 Å². The number of benzene rings is 3. The minimum Gasteiger partial charge on any atom is -0.334 e. The summed E-state index contributed by atoms with van der Waals surface area (Å²) in [6.45, 7) is 1.97. The number of carbonyl (C=O) groups is 1. The molecule has 0 radical (unpaired) electrons. The first-order chi connectivity index (χ1) is 17.9. The van der Waals surface area contributed by atoms with Crippen molar-refractivity contribution in [3.05, 3.63) is 113 Å². The van der Waals surface area contributed by atoms with Crippen LogP contribution < -0.4 is 0 Å². The molecule has 1 amide bonds. The summed E-state index contributed by atoms with van der Waals surface area (Å²) in [5.74, 6) is -0.116. The number of carbonyl (C=O) groups excluding carboxylic acids is 1. The molecule has 5 rings (SSSR count). The topological polar surface area (TPSA) is 36.4 Å². The number of piperazine rings is 1. The summed E-state index contributed by atoms with van der Waals surface area (Å²) in [6, 6.07) is 27.0. The lowest BCUT2D eigenvalue weighted by molar-refractivity contribution is -0.137. The number of aryl methyl sites for hydroxylation is 1. The van der Waals surface area contributed by atoms with Gasteiger partial charge in [-0.15, -0.1) is 0 Å². The number of para-hydroxylation sites is 1. The minimum atomic E-state index is -4.37. The molecular formula is C30H28F3N3O. The Morgan fingerprint density at radius 2 is 1.62 bits per heavy atom. The first kappa shape index (κ1) is 25.0. The average Bonchev–Trinajstić information content (AvgIpc) is 2.92. The Labute approximate surface area is 214 Å². The van der Waals surface area contributed by atoms with Gasteiger partial charge in [0.1, 0.15) is 5.69 Å². The summed E-state index contributed by atoms with van der Waals surface area (Å²) < 4.78 is 39.8. The van der Waals surface area contributed by atoms with Gasteiger partial charge < -0.3 is 4.90 Å². The van der Waals surface area contributed by atoms with Crippen molar-refractivity contribution < 1.29 is 18.0 Å². The molecule has 0 unspecified atom stereocenters. The van der Waals surface area contributed by atoms with Gasteiger partial charge in [0.15, 0.2) is 0 Å². The lowest BCUT2D eigenvalue weighted by atomic mass is 10.0. The SMILES string of the molecule is O=C(c1ccc2ccccc2n1)N1CCN(Cc2cccc(C(F)(F)F)c2)[C@@H](CCc2ccccc2)C1. The molecule has 4 aromatic rings. The van der Waals surface area contributed by atoms with Crippen molar-refractivity contribution in [1.29, 1.82) is 0 Å². The number of hydrogen-bond acceptors (Lipinski definition) is 3. The van der Waals surface area contributed by atoms with Gasteiger partial charge in [0.25, 0.3) is 5.91 Å². The molecule has 1 saturated heterocycles. The molecule has 1 fully saturated rings. The number of halogens is 3. The number of amides is 1. The van der Waals surface area contributed by atoms with Crippen LogP contribution >= 0.6 is 0 Å². The van der Waals surface area contributed by atoms with Crippen molar-refractivity contribution in [2.75, 3.05) is 19.6 Å². The molecule has 0 aliphatic carbocycles. The molecule has 37 heavy (non-hydrogen) atoms. The van der Waals surface area contributed by atoms with Gasteiger partial charge in [-0.05, 0) is 42.2 Å². The summed E-state index contributed by atoms with van der Waals surface area (Å²) in [4.78, 5) is 22.0. The second-order valence-electron chi connectivity index (χ2n) is 9.49. The van der Waals surface area contributed by atoms with Crippen LogP contribution in [0.3, 0.4) is 0 Å². The molecule has 0 bridgehead atoms. The smallest absolute Gasteiger partial charge is 0.334 e. The average molecular weight is 504 g/mol. The van der Waals surface area contributed by atoms with E-state index in [1.807, 2.05) is 53.4 Å². The second kappa shape index (κ2) is 10.7. The summed E-state index contributed by atoms with van der Waals surface area (Å²) in [5, 5.41) is 0.977. The van der Waals surface area contributed by atoms with Crippen LogP contribution in [0.2, 0.25) is 0 Å². The van der Waals surface area contributed by atoms with Gasteiger partial charge in [0, 0.05) is 37.6 Å². The van der Waals surface area contributed by atoms with Crippen LogP contribution in [0.15, 0.2) is 91.0 Å². The van der Waals surface area contributed by atoms with Crippen molar-refractivity contribution in [2.45, 2.75) is 31.6 Å². The lowest BCUT2D eigenvalue weighted by Gasteiger charge is -2.41. The molecular weight excluding hydrogens is 475 g/mol. The molecule has 190 valence electrons. The monoisotopic (exact) mass is 503 g/mol. The van der Waals surface area contributed by atoms with Crippen molar-refractivity contribution in [1.82, 2.24) is 14.8 Å². The molecule has 2 heterocycles. The van der Waals surface area contributed by atoms with Crippen molar-refractivity contribution in [2.24, 2.45) is 0 Å². The third-order valence-electron chi connectivity index (χ3n) is 6.96. The number of pyridine rings is 1. The van der Waals surface area contributed by atoms with Gasteiger partial charge in [0.2, 0.25) is 0 Å². The van der Waals surface area contributed by atoms with E-state index in [0.717, 1.165) is 29.8 Å². The molecule has 4 nitrogen and oxygen atoms in total. The van der Waals surface area contributed by atoms with Crippen molar-refractivity contribution in [3.8, 4) is 0 Å². The van der Waals surface area contributed by atoms with E-state index in [1.165, 1.54) is 17.7 Å². The Kier molecular flexibility index (Phi) is 7.24. The number of alkyl halides is 3. The van der Waals surface area contributed by atoms with Crippen LogP contribution in [0.1, 0.15) is 33.6 Å². The van der Waals surface area contributed by atoms with Crippen LogP contribution in [0.25, 0.3) is 10.9 Å². The van der Waals surface area contributed by atoms with Crippen LogP contribution in [0, 0.1) is 0 Å². The molecule has 1 aliphatic heterocycles. The first-order valence-electron chi connectivity index (χ1n) is 12.5. The zero-order valence-corrected chi connectivity index (χ0v) is 20.4. The molecule has 3 aromatic carbocycles. The number of fused-ring (bicyclic) bond motifs is 1. The number of nitrogens with zero attached hydrogens (tertiary/aromatic N) is 3. The molecule has 1 aliphatic rings. The summed E-state index contributed by atoms with van der Waals surface area (Å²) in [6.07, 6.45) is -2.76. The Bertz CT molecular complexity index is 1370. The third-order valence-corrected chi connectivity index (χ3v) is 6.96. The first-order valence-corrected chi connectivity index (χ1v) is 12.5. The largest absolute Gasteiger partial charge is 0.416 e. The summed E-state index contributed by atoms with van der Waals surface area (Å²) in [5.41, 5.74) is 2.36. The van der Waals surface area contributed by atoms with Gasteiger partial charge in [0.05, 0.1) is 11.1 Å². The molecule has 0 spiro atoms. The van der Waals surface area contributed by atoms with Crippen molar-refractivity contribution in [3.63, 3.8) is 0 Å². The van der Waals surface area contributed by atoms with E-state index < -0.39 is 11.7 Å². The van der Waals surface area contributed by atoms with Gasteiger partial charge >= 0.3 is 6.18 Å². The highest BCUT2D eigenvalue weighted by Gasteiger charge is 2.32. The molecule has 0 N–H and O–H groups in total. The van der Waals surface area contributed by atoms with Gasteiger partial charge in [-0.2, -0.15) is 13.2 Å². The fourth-order valence-corrected chi connectivity index (χ4v) is 4.96. The van der Waals surface area contributed by atoms with E-state index >= 15 is 0 Å². The van der Waals surface area contributed by atoms with E-state index in [2.05, 4.69) is 22.0 Å². The minimum absolute atomic E-state index is 0.00732. The van der Waals surface area contributed by atoms with Crippen molar-refractivity contribution >= 4 is 16.8 Å². The Morgan fingerprint density at radius 3 is 2.43 bits per heavy atom. The number of rotatable bonds is 6. The van der Waals surface area contributed by atoms with E-state index in [-0.39, 0.29) is 11.9 Å².